The molecule has 0 saturated carbocycles. The maximum absolute atomic E-state index is 12.5. The number of amides is 2. The molecule has 2 amide bonds. The summed E-state index contributed by atoms with van der Waals surface area (Å²) in [5.41, 5.74) is 0.929. The summed E-state index contributed by atoms with van der Waals surface area (Å²) in [6, 6.07) is 17.6. The van der Waals surface area contributed by atoms with E-state index < -0.39 is 0 Å². The van der Waals surface area contributed by atoms with E-state index in [1.54, 1.807) is 30.6 Å². The fourth-order valence-corrected chi connectivity index (χ4v) is 3.58. The predicted molar refractivity (Wildman–Crippen MR) is 103 cm³/mol. The Balaban J connectivity index is 1.51. The second-order valence-corrected chi connectivity index (χ2v) is 6.84. The van der Waals surface area contributed by atoms with Gasteiger partial charge in [0.25, 0.3) is 11.1 Å². The summed E-state index contributed by atoms with van der Waals surface area (Å²) in [7, 11) is 0. The van der Waals surface area contributed by atoms with Gasteiger partial charge in [-0.05, 0) is 58.4 Å². The van der Waals surface area contributed by atoms with E-state index in [1.807, 2.05) is 48.5 Å². The minimum atomic E-state index is -0.266. The van der Waals surface area contributed by atoms with Crippen LogP contribution in [0.3, 0.4) is 0 Å². The lowest BCUT2D eigenvalue weighted by Crippen LogP contribution is -2.27. The highest BCUT2D eigenvalue weighted by molar-refractivity contribution is 8.18. The van der Waals surface area contributed by atoms with Gasteiger partial charge < -0.3 is 4.42 Å². The van der Waals surface area contributed by atoms with Gasteiger partial charge in [-0.1, -0.05) is 42.5 Å². The van der Waals surface area contributed by atoms with Crippen LogP contribution in [0.25, 0.3) is 16.8 Å². The van der Waals surface area contributed by atoms with Crippen molar-refractivity contribution in [1.82, 2.24) is 4.90 Å². The molecule has 0 atom stereocenters. The number of hydrogen-bond donors (Lipinski definition) is 0. The molecule has 1 saturated heterocycles. The Bertz CT molecular complexity index is 1030. The van der Waals surface area contributed by atoms with Crippen molar-refractivity contribution in [3.8, 4) is 0 Å². The molecule has 4 nitrogen and oxygen atoms in total. The molecule has 2 aromatic carbocycles. The Kier molecular flexibility index (Phi) is 4.46. The van der Waals surface area contributed by atoms with E-state index in [-0.39, 0.29) is 17.7 Å². The first-order valence-corrected chi connectivity index (χ1v) is 8.95. The average Bonchev–Trinajstić information content (AvgIpc) is 3.26. The Hall–Kier alpha value is -3.05. The van der Waals surface area contributed by atoms with Crippen molar-refractivity contribution >= 4 is 39.8 Å². The third-order valence-corrected chi connectivity index (χ3v) is 5.01. The molecule has 0 aliphatic carbocycles. The van der Waals surface area contributed by atoms with Gasteiger partial charge in [0.05, 0.1) is 17.7 Å². The van der Waals surface area contributed by atoms with E-state index in [4.69, 9.17) is 4.42 Å². The molecule has 0 radical (unpaired) electrons. The summed E-state index contributed by atoms with van der Waals surface area (Å²) in [4.78, 5) is 26.5. The predicted octanol–water partition coefficient (Wildman–Crippen LogP) is 5.23. The van der Waals surface area contributed by atoms with Gasteiger partial charge in [0, 0.05) is 0 Å². The number of imide groups is 1. The Morgan fingerprint density at radius 1 is 1.00 bits per heavy atom. The van der Waals surface area contributed by atoms with Gasteiger partial charge in [0.1, 0.15) is 5.76 Å². The molecule has 5 heteroatoms. The van der Waals surface area contributed by atoms with Gasteiger partial charge >= 0.3 is 0 Å². The molecule has 3 aromatic rings. The molecule has 1 fully saturated rings. The maximum Gasteiger partial charge on any atom is 0.293 e. The Labute approximate surface area is 154 Å². The highest BCUT2D eigenvalue weighted by Crippen LogP contribution is 2.32. The van der Waals surface area contributed by atoms with Crippen LogP contribution < -0.4 is 0 Å². The fourth-order valence-electron chi connectivity index (χ4n) is 2.79. The molecule has 0 spiro atoms. The van der Waals surface area contributed by atoms with Crippen molar-refractivity contribution in [2.75, 3.05) is 0 Å². The third kappa shape index (κ3) is 3.34. The van der Waals surface area contributed by atoms with Gasteiger partial charge in [-0.15, -0.1) is 0 Å². The van der Waals surface area contributed by atoms with Gasteiger partial charge in [-0.3, -0.25) is 14.5 Å². The lowest BCUT2D eigenvalue weighted by molar-refractivity contribution is -0.123. The van der Waals surface area contributed by atoms with E-state index in [2.05, 4.69) is 0 Å². The molecule has 0 bridgehead atoms. The van der Waals surface area contributed by atoms with E-state index in [1.165, 1.54) is 4.90 Å². The van der Waals surface area contributed by atoms with Crippen LogP contribution >= 0.6 is 11.8 Å². The van der Waals surface area contributed by atoms with Crippen LogP contribution in [0.1, 0.15) is 11.3 Å². The Morgan fingerprint density at radius 3 is 2.65 bits per heavy atom. The van der Waals surface area contributed by atoms with Crippen LogP contribution in [0.4, 0.5) is 4.79 Å². The largest absolute Gasteiger partial charge is 0.465 e. The first-order valence-electron chi connectivity index (χ1n) is 8.14. The number of carbonyl (C=O) groups is 2. The summed E-state index contributed by atoms with van der Waals surface area (Å²) < 4.78 is 5.20. The fraction of sp³-hybridized carbons (Fsp3) is 0.0476. The molecule has 128 valence electrons. The summed E-state index contributed by atoms with van der Waals surface area (Å²) in [5.74, 6) is 0.425. The number of fused-ring (bicyclic) bond motifs is 1. The van der Waals surface area contributed by atoms with Crippen LogP contribution in [0.5, 0.6) is 0 Å². The molecule has 0 N–H and O–H groups in total. The minimum Gasteiger partial charge on any atom is -0.465 e. The standard InChI is InChI=1S/C21H15NO3S/c23-20-19(9-3-7-18-8-4-12-25-18)26-21(24)22(20)14-15-10-11-16-5-1-2-6-17(16)13-15/h1-13H,14H2/b7-3+,19-9-. The van der Waals surface area contributed by atoms with Crippen molar-refractivity contribution in [1.29, 1.82) is 0 Å². The van der Waals surface area contributed by atoms with Gasteiger partial charge in [-0.25, -0.2) is 0 Å². The smallest absolute Gasteiger partial charge is 0.293 e. The lowest BCUT2D eigenvalue weighted by atomic mass is 10.1. The number of allylic oxidation sites excluding steroid dienone is 2. The minimum absolute atomic E-state index is 0.249. The van der Waals surface area contributed by atoms with Crippen LogP contribution in [0, 0.1) is 0 Å². The van der Waals surface area contributed by atoms with Crippen LogP contribution in [0.2, 0.25) is 0 Å². The van der Waals surface area contributed by atoms with Crippen molar-refractivity contribution in [2.24, 2.45) is 0 Å². The van der Waals surface area contributed by atoms with E-state index in [0.29, 0.717) is 10.7 Å². The zero-order valence-corrected chi connectivity index (χ0v) is 14.6. The normalized spacial score (nSPS) is 16.5. The molecular formula is C21H15NO3S. The van der Waals surface area contributed by atoms with Gasteiger partial charge in [-0.2, -0.15) is 0 Å². The number of benzene rings is 2. The molecule has 1 aliphatic heterocycles. The summed E-state index contributed by atoms with van der Waals surface area (Å²) in [6.45, 7) is 0.273. The van der Waals surface area contributed by atoms with Gasteiger partial charge in [0.15, 0.2) is 0 Å². The van der Waals surface area contributed by atoms with E-state index >= 15 is 0 Å². The second-order valence-electron chi connectivity index (χ2n) is 5.85. The number of rotatable bonds is 4. The number of nitrogens with zero attached hydrogens (tertiary/aromatic N) is 1. The first kappa shape index (κ1) is 16.4. The quantitative estimate of drug-likeness (QED) is 0.597. The molecule has 1 aromatic heterocycles. The monoisotopic (exact) mass is 361 g/mol. The lowest BCUT2D eigenvalue weighted by Gasteiger charge is -2.13. The first-order chi connectivity index (χ1) is 12.7. The average molecular weight is 361 g/mol. The summed E-state index contributed by atoms with van der Waals surface area (Å²) >= 11 is 0.959. The van der Waals surface area contributed by atoms with Crippen molar-refractivity contribution in [2.45, 2.75) is 6.54 Å². The highest BCUT2D eigenvalue weighted by Gasteiger charge is 2.34. The zero-order chi connectivity index (χ0) is 17.9. The molecule has 1 aliphatic rings. The molecule has 4 rings (SSSR count). The number of furan rings is 1. The second kappa shape index (κ2) is 7.06. The zero-order valence-electron chi connectivity index (χ0n) is 13.8. The summed E-state index contributed by atoms with van der Waals surface area (Å²) in [6.07, 6.45) is 6.69. The molecular weight excluding hydrogens is 346 g/mol. The highest BCUT2D eigenvalue weighted by atomic mass is 32.2. The van der Waals surface area contributed by atoms with E-state index in [0.717, 1.165) is 28.1 Å². The van der Waals surface area contributed by atoms with Gasteiger partial charge in [0.2, 0.25) is 0 Å². The van der Waals surface area contributed by atoms with Crippen LogP contribution in [0.15, 0.2) is 82.3 Å². The molecule has 26 heavy (non-hydrogen) atoms. The molecule has 0 unspecified atom stereocenters. The third-order valence-electron chi connectivity index (χ3n) is 4.08. The van der Waals surface area contributed by atoms with Crippen LogP contribution in [-0.2, 0) is 11.3 Å². The topological polar surface area (TPSA) is 50.5 Å². The maximum atomic E-state index is 12.5. The number of hydrogen-bond acceptors (Lipinski definition) is 4. The SMILES string of the molecule is O=C1S/C(=C\C=C\c2ccco2)C(=O)N1Cc1ccc2ccccc2c1. The van der Waals surface area contributed by atoms with Crippen LogP contribution in [-0.4, -0.2) is 16.0 Å². The van der Waals surface area contributed by atoms with Crippen molar-refractivity contribution in [3.05, 3.63) is 89.2 Å². The Morgan fingerprint density at radius 2 is 1.85 bits per heavy atom. The van der Waals surface area contributed by atoms with E-state index in [9.17, 15) is 9.59 Å². The molecule has 2 heterocycles. The number of thioether (sulfide) groups is 1. The van der Waals surface area contributed by atoms with Crippen molar-refractivity contribution in [3.63, 3.8) is 0 Å². The number of carbonyl (C=O) groups excluding carboxylic acids is 2. The summed E-state index contributed by atoms with van der Waals surface area (Å²) in [5, 5.41) is 1.98. The van der Waals surface area contributed by atoms with Crippen molar-refractivity contribution < 1.29 is 14.0 Å².